The average molecular weight is 271 g/mol. The molecule has 19 heavy (non-hydrogen) atoms. The average Bonchev–Trinajstić information content (AvgIpc) is 2.32. The van der Waals surface area contributed by atoms with E-state index in [-0.39, 0.29) is 18.6 Å². The fourth-order valence-corrected chi connectivity index (χ4v) is 1.90. The summed E-state index contributed by atoms with van der Waals surface area (Å²) in [5, 5.41) is 0. The molecule has 1 aromatic rings. The highest BCUT2D eigenvalue weighted by molar-refractivity contribution is 5.71. The SMILES string of the molecule is CCOC(=O)CC(C)(c1cc(F)ccc1F)N(C)C. The second-order valence-corrected chi connectivity index (χ2v) is 4.77. The van der Waals surface area contributed by atoms with Gasteiger partial charge >= 0.3 is 5.97 Å². The lowest BCUT2D eigenvalue weighted by molar-refractivity contribution is -0.146. The van der Waals surface area contributed by atoms with Crippen LogP contribution in [0, 0.1) is 11.6 Å². The maximum atomic E-state index is 13.9. The first kappa shape index (κ1) is 15.6. The molecule has 1 atom stereocenters. The second-order valence-electron chi connectivity index (χ2n) is 4.77. The molecule has 0 N–H and O–H groups in total. The van der Waals surface area contributed by atoms with Crippen molar-refractivity contribution in [3.05, 3.63) is 35.4 Å². The molecule has 0 bridgehead atoms. The number of esters is 1. The largest absolute Gasteiger partial charge is 0.466 e. The molecule has 3 nitrogen and oxygen atoms in total. The highest BCUT2D eigenvalue weighted by atomic mass is 19.1. The lowest BCUT2D eigenvalue weighted by Crippen LogP contribution is -2.41. The summed E-state index contributed by atoms with van der Waals surface area (Å²) in [6, 6.07) is 3.24. The van der Waals surface area contributed by atoms with E-state index in [0.29, 0.717) is 0 Å². The second kappa shape index (κ2) is 6.10. The van der Waals surface area contributed by atoms with Crippen LogP contribution in [-0.2, 0) is 15.1 Å². The van der Waals surface area contributed by atoms with Crippen LogP contribution in [0.1, 0.15) is 25.8 Å². The third kappa shape index (κ3) is 3.50. The van der Waals surface area contributed by atoms with E-state index in [1.54, 1.807) is 32.8 Å². The normalized spacial score (nSPS) is 14.3. The third-order valence-electron chi connectivity index (χ3n) is 3.29. The van der Waals surface area contributed by atoms with Gasteiger partial charge in [-0.2, -0.15) is 0 Å². The monoisotopic (exact) mass is 271 g/mol. The van der Waals surface area contributed by atoms with Crippen LogP contribution in [0.15, 0.2) is 18.2 Å². The van der Waals surface area contributed by atoms with Crippen LogP contribution in [0.2, 0.25) is 0 Å². The van der Waals surface area contributed by atoms with Crippen LogP contribution in [0.25, 0.3) is 0 Å². The summed E-state index contributed by atoms with van der Waals surface area (Å²) in [5.41, 5.74) is -0.816. The van der Waals surface area contributed by atoms with Crippen molar-refractivity contribution in [3.63, 3.8) is 0 Å². The number of ether oxygens (including phenoxy) is 1. The Balaban J connectivity index is 3.18. The molecule has 0 amide bonds. The van der Waals surface area contributed by atoms with Crippen molar-refractivity contribution in [2.75, 3.05) is 20.7 Å². The zero-order valence-electron chi connectivity index (χ0n) is 11.7. The lowest BCUT2D eigenvalue weighted by Gasteiger charge is -2.36. The molecule has 0 fully saturated rings. The molecule has 0 aliphatic heterocycles. The highest BCUT2D eigenvalue weighted by Crippen LogP contribution is 2.32. The Morgan fingerprint density at radius 2 is 2.00 bits per heavy atom. The van der Waals surface area contributed by atoms with Gasteiger partial charge in [0.1, 0.15) is 11.6 Å². The predicted molar refractivity (Wildman–Crippen MR) is 68.6 cm³/mol. The van der Waals surface area contributed by atoms with E-state index in [1.165, 1.54) is 0 Å². The molecule has 0 saturated heterocycles. The van der Waals surface area contributed by atoms with Crippen molar-refractivity contribution in [2.24, 2.45) is 0 Å². The molecule has 0 heterocycles. The Labute approximate surface area is 112 Å². The molecule has 0 aliphatic carbocycles. The molecule has 1 unspecified atom stereocenters. The van der Waals surface area contributed by atoms with Gasteiger partial charge in [-0.15, -0.1) is 0 Å². The molecule has 5 heteroatoms. The number of nitrogens with zero attached hydrogens (tertiary/aromatic N) is 1. The Morgan fingerprint density at radius 3 is 2.53 bits per heavy atom. The smallest absolute Gasteiger partial charge is 0.308 e. The van der Waals surface area contributed by atoms with Crippen LogP contribution < -0.4 is 0 Å². The van der Waals surface area contributed by atoms with E-state index in [0.717, 1.165) is 18.2 Å². The van der Waals surface area contributed by atoms with E-state index in [4.69, 9.17) is 4.74 Å². The minimum Gasteiger partial charge on any atom is -0.466 e. The minimum absolute atomic E-state index is 0.0474. The number of rotatable bonds is 5. The summed E-state index contributed by atoms with van der Waals surface area (Å²) in [7, 11) is 3.42. The molecular formula is C14H19F2NO2. The zero-order valence-corrected chi connectivity index (χ0v) is 11.7. The summed E-state index contributed by atoms with van der Waals surface area (Å²) < 4.78 is 32.1. The van der Waals surface area contributed by atoms with Crippen molar-refractivity contribution in [3.8, 4) is 0 Å². The van der Waals surface area contributed by atoms with Gasteiger partial charge in [-0.05, 0) is 46.1 Å². The summed E-state index contributed by atoms with van der Waals surface area (Å²) in [4.78, 5) is 13.3. The molecule has 106 valence electrons. The van der Waals surface area contributed by atoms with Crippen LogP contribution in [0.5, 0.6) is 0 Å². The van der Waals surface area contributed by atoms with E-state index >= 15 is 0 Å². The maximum absolute atomic E-state index is 13.9. The summed E-state index contributed by atoms with van der Waals surface area (Å²) in [5.74, 6) is -1.52. The van der Waals surface area contributed by atoms with Crippen molar-refractivity contribution in [1.82, 2.24) is 4.90 Å². The zero-order chi connectivity index (χ0) is 14.6. The minimum atomic E-state index is -0.960. The van der Waals surface area contributed by atoms with Gasteiger partial charge in [0.05, 0.1) is 18.6 Å². The van der Waals surface area contributed by atoms with Crippen molar-refractivity contribution >= 4 is 5.97 Å². The highest BCUT2D eigenvalue weighted by Gasteiger charge is 2.35. The van der Waals surface area contributed by atoms with E-state index in [1.807, 2.05) is 0 Å². The van der Waals surface area contributed by atoms with E-state index in [9.17, 15) is 13.6 Å². The van der Waals surface area contributed by atoms with E-state index < -0.39 is 23.1 Å². The number of hydrogen-bond donors (Lipinski definition) is 0. The number of hydrogen-bond acceptors (Lipinski definition) is 3. The van der Waals surface area contributed by atoms with Crippen LogP contribution in [-0.4, -0.2) is 31.6 Å². The number of halogens is 2. The third-order valence-corrected chi connectivity index (χ3v) is 3.29. The number of carbonyl (C=O) groups is 1. The molecule has 0 radical (unpaired) electrons. The van der Waals surface area contributed by atoms with Gasteiger partial charge in [-0.25, -0.2) is 8.78 Å². The van der Waals surface area contributed by atoms with Crippen LogP contribution in [0.4, 0.5) is 8.78 Å². The number of benzene rings is 1. The van der Waals surface area contributed by atoms with Gasteiger partial charge in [-0.3, -0.25) is 9.69 Å². The number of carbonyl (C=O) groups excluding carboxylic acids is 1. The van der Waals surface area contributed by atoms with Crippen LogP contribution in [0.3, 0.4) is 0 Å². The predicted octanol–water partition coefficient (Wildman–Crippen LogP) is 2.69. The maximum Gasteiger partial charge on any atom is 0.308 e. The molecule has 0 saturated carbocycles. The van der Waals surface area contributed by atoms with Gasteiger partial charge in [0, 0.05) is 5.56 Å². The first-order chi connectivity index (χ1) is 8.81. The summed E-state index contributed by atoms with van der Waals surface area (Å²) in [6.07, 6.45) is -0.0474. The topological polar surface area (TPSA) is 29.5 Å². The lowest BCUT2D eigenvalue weighted by atomic mass is 9.87. The molecule has 0 aromatic heterocycles. The Bertz CT molecular complexity index is 463. The summed E-state index contributed by atoms with van der Waals surface area (Å²) in [6.45, 7) is 3.64. The molecule has 1 rings (SSSR count). The molecule has 0 aliphatic rings. The van der Waals surface area contributed by atoms with E-state index in [2.05, 4.69) is 0 Å². The fourth-order valence-electron chi connectivity index (χ4n) is 1.90. The fraction of sp³-hybridized carbons (Fsp3) is 0.500. The van der Waals surface area contributed by atoms with Crippen molar-refractivity contribution in [2.45, 2.75) is 25.8 Å². The quantitative estimate of drug-likeness (QED) is 0.771. The van der Waals surface area contributed by atoms with Crippen LogP contribution >= 0.6 is 0 Å². The van der Waals surface area contributed by atoms with Gasteiger partial charge in [0.15, 0.2) is 0 Å². The first-order valence-corrected chi connectivity index (χ1v) is 6.10. The molecule has 0 spiro atoms. The standard InChI is InChI=1S/C14H19F2NO2/c1-5-19-13(18)9-14(2,17(3)4)11-8-10(15)6-7-12(11)16/h6-8H,5,9H2,1-4H3. The van der Waals surface area contributed by atoms with Gasteiger partial charge in [0.2, 0.25) is 0 Å². The van der Waals surface area contributed by atoms with Gasteiger partial charge in [0.25, 0.3) is 0 Å². The van der Waals surface area contributed by atoms with Gasteiger partial charge in [-0.1, -0.05) is 0 Å². The van der Waals surface area contributed by atoms with Crippen molar-refractivity contribution < 1.29 is 18.3 Å². The Morgan fingerprint density at radius 1 is 1.37 bits per heavy atom. The molecule has 1 aromatic carbocycles. The summed E-state index contributed by atoms with van der Waals surface area (Å²) >= 11 is 0. The Hall–Kier alpha value is -1.49. The van der Waals surface area contributed by atoms with Crippen molar-refractivity contribution in [1.29, 1.82) is 0 Å². The first-order valence-electron chi connectivity index (χ1n) is 6.10. The van der Waals surface area contributed by atoms with Gasteiger partial charge < -0.3 is 4.74 Å². The molecular weight excluding hydrogens is 252 g/mol. The Kier molecular flexibility index (Phi) is 5.00.